The standard InChI is InChI=1S/C20H12N2O7/c23-19(24)13-3-1-5-15-17(13)29-18-14(20(25)26)4-2-6-16(18)21(15)11-7-9-12(10-8-11)22(27)28/h1-10H,(H,23,24)(H,25,26). The molecule has 0 saturated heterocycles. The number of nitro groups is 1. The highest BCUT2D eigenvalue weighted by Crippen LogP contribution is 2.52. The summed E-state index contributed by atoms with van der Waals surface area (Å²) >= 11 is 0. The van der Waals surface area contributed by atoms with Crippen molar-refractivity contribution in [1.82, 2.24) is 0 Å². The van der Waals surface area contributed by atoms with E-state index >= 15 is 0 Å². The summed E-state index contributed by atoms with van der Waals surface area (Å²) in [5, 5.41) is 30.0. The Kier molecular flexibility index (Phi) is 4.12. The smallest absolute Gasteiger partial charge is 0.339 e. The predicted octanol–water partition coefficient (Wildman–Crippen LogP) is 4.57. The second-order valence-electron chi connectivity index (χ2n) is 6.13. The topological polar surface area (TPSA) is 130 Å². The number of nitrogens with zero attached hydrogens (tertiary/aromatic N) is 2. The number of carbonyl (C=O) groups is 2. The summed E-state index contributed by atoms with van der Waals surface area (Å²) in [6.07, 6.45) is 0. The number of hydrogen-bond donors (Lipinski definition) is 2. The fourth-order valence-electron chi connectivity index (χ4n) is 3.19. The molecule has 0 bridgehead atoms. The van der Waals surface area contributed by atoms with Gasteiger partial charge in [-0.05, 0) is 36.4 Å². The van der Waals surface area contributed by atoms with E-state index in [0.717, 1.165) is 0 Å². The molecule has 4 rings (SSSR count). The van der Waals surface area contributed by atoms with Gasteiger partial charge < -0.3 is 19.8 Å². The normalized spacial score (nSPS) is 11.8. The van der Waals surface area contributed by atoms with Crippen LogP contribution in [0.4, 0.5) is 22.7 Å². The molecule has 0 radical (unpaired) electrons. The molecule has 29 heavy (non-hydrogen) atoms. The minimum atomic E-state index is -1.23. The van der Waals surface area contributed by atoms with Crippen molar-refractivity contribution in [2.24, 2.45) is 0 Å². The van der Waals surface area contributed by atoms with E-state index in [4.69, 9.17) is 4.74 Å². The number of non-ortho nitro benzene ring substituents is 1. The van der Waals surface area contributed by atoms with Crippen LogP contribution in [0.3, 0.4) is 0 Å². The van der Waals surface area contributed by atoms with Crippen molar-refractivity contribution in [2.45, 2.75) is 0 Å². The number of hydrogen-bond acceptors (Lipinski definition) is 6. The zero-order chi connectivity index (χ0) is 20.7. The van der Waals surface area contributed by atoms with Gasteiger partial charge in [-0.15, -0.1) is 0 Å². The Morgan fingerprint density at radius 2 is 1.31 bits per heavy atom. The van der Waals surface area contributed by atoms with E-state index in [1.807, 2.05) is 0 Å². The zero-order valence-electron chi connectivity index (χ0n) is 14.6. The van der Waals surface area contributed by atoms with E-state index in [-0.39, 0.29) is 28.3 Å². The quantitative estimate of drug-likeness (QED) is 0.382. The number of benzene rings is 3. The van der Waals surface area contributed by atoms with E-state index in [1.54, 1.807) is 17.0 Å². The molecule has 9 heteroatoms. The lowest BCUT2D eigenvalue weighted by Gasteiger charge is -2.34. The Morgan fingerprint density at radius 3 is 1.72 bits per heavy atom. The summed E-state index contributed by atoms with van der Waals surface area (Å²) in [5.41, 5.74) is 0.829. The van der Waals surface area contributed by atoms with Gasteiger partial charge in [0.1, 0.15) is 11.1 Å². The number of ether oxygens (including phenoxy) is 1. The van der Waals surface area contributed by atoms with Crippen LogP contribution in [0.25, 0.3) is 0 Å². The number of anilines is 3. The second kappa shape index (κ2) is 6.64. The van der Waals surface area contributed by atoms with Crippen molar-refractivity contribution in [3.8, 4) is 11.5 Å². The van der Waals surface area contributed by atoms with Crippen LogP contribution in [0.1, 0.15) is 20.7 Å². The number of nitro benzene ring substituents is 1. The molecule has 3 aromatic carbocycles. The monoisotopic (exact) mass is 392 g/mol. The Morgan fingerprint density at radius 1 is 0.828 bits per heavy atom. The van der Waals surface area contributed by atoms with E-state index in [0.29, 0.717) is 17.1 Å². The van der Waals surface area contributed by atoms with Gasteiger partial charge in [-0.1, -0.05) is 12.1 Å². The SMILES string of the molecule is O=C(O)c1cccc2c1Oc1c(C(=O)O)cccc1N2c1ccc([N+](=O)[O-])cc1. The molecule has 0 saturated carbocycles. The van der Waals surface area contributed by atoms with Crippen LogP contribution in [-0.2, 0) is 0 Å². The second-order valence-corrected chi connectivity index (χ2v) is 6.13. The van der Waals surface area contributed by atoms with Crippen molar-refractivity contribution < 1.29 is 29.5 Å². The third-order valence-electron chi connectivity index (χ3n) is 4.45. The summed E-state index contributed by atoms with van der Waals surface area (Å²) < 4.78 is 5.76. The fourth-order valence-corrected chi connectivity index (χ4v) is 3.19. The molecule has 0 atom stereocenters. The Balaban J connectivity index is 1.99. The molecule has 0 amide bonds. The maximum atomic E-state index is 11.7. The Bertz CT molecular complexity index is 1110. The maximum Gasteiger partial charge on any atom is 0.339 e. The van der Waals surface area contributed by atoms with Gasteiger partial charge >= 0.3 is 11.9 Å². The van der Waals surface area contributed by atoms with E-state index in [9.17, 15) is 29.9 Å². The molecular formula is C20H12N2O7. The number of rotatable bonds is 4. The molecule has 9 nitrogen and oxygen atoms in total. The molecule has 0 fully saturated rings. The molecule has 0 aromatic heterocycles. The first-order valence-corrected chi connectivity index (χ1v) is 8.33. The average Bonchev–Trinajstić information content (AvgIpc) is 2.71. The first-order valence-electron chi connectivity index (χ1n) is 8.33. The van der Waals surface area contributed by atoms with Crippen LogP contribution in [0.2, 0.25) is 0 Å². The van der Waals surface area contributed by atoms with Crippen LogP contribution < -0.4 is 9.64 Å². The maximum absolute atomic E-state index is 11.7. The first kappa shape index (κ1) is 18.0. The highest BCUT2D eigenvalue weighted by molar-refractivity contribution is 6.01. The molecular weight excluding hydrogens is 380 g/mol. The Hall–Kier alpha value is -4.40. The molecule has 1 aliphatic rings. The number of aromatic carboxylic acids is 2. The third kappa shape index (κ3) is 2.90. The van der Waals surface area contributed by atoms with E-state index in [1.165, 1.54) is 48.5 Å². The van der Waals surface area contributed by atoms with Gasteiger partial charge in [0.2, 0.25) is 0 Å². The highest BCUT2D eigenvalue weighted by Gasteiger charge is 2.32. The lowest BCUT2D eigenvalue weighted by molar-refractivity contribution is -0.384. The van der Waals surface area contributed by atoms with Gasteiger partial charge in [-0.3, -0.25) is 10.1 Å². The van der Waals surface area contributed by atoms with Crippen molar-refractivity contribution in [1.29, 1.82) is 0 Å². The number of carboxylic acid groups (broad SMARTS) is 2. The molecule has 144 valence electrons. The lowest BCUT2D eigenvalue weighted by atomic mass is 10.0. The van der Waals surface area contributed by atoms with Gasteiger partial charge in [-0.25, -0.2) is 9.59 Å². The van der Waals surface area contributed by atoms with E-state index < -0.39 is 16.9 Å². The molecule has 2 N–H and O–H groups in total. The third-order valence-corrected chi connectivity index (χ3v) is 4.45. The molecule has 0 spiro atoms. The number of fused-ring (bicyclic) bond motifs is 2. The number of para-hydroxylation sites is 2. The highest BCUT2D eigenvalue weighted by atomic mass is 16.6. The van der Waals surface area contributed by atoms with Crippen molar-refractivity contribution >= 4 is 34.7 Å². The molecule has 1 heterocycles. The summed E-state index contributed by atoms with van der Waals surface area (Å²) in [4.78, 5) is 35.4. The van der Waals surface area contributed by atoms with Crippen LogP contribution in [0, 0.1) is 10.1 Å². The van der Waals surface area contributed by atoms with Crippen LogP contribution >= 0.6 is 0 Å². The van der Waals surface area contributed by atoms with Gasteiger partial charge in [0.05, 0.1) is 16.3 Å². The summed E-state index contributed by atoms with van der Waals surface area (Å²) in [6, 6.07) is 14.6. The van der Waals surface area contributed by atoms with Crippen LogP contribution in [0.5, 0.6) is 11.5 Å². The Labute approximate surface area is 163 Å². The minimum Gasteiger partial charge on any atom is -0.478 e. The average molecular weight is 392 g/mol. The largest absolute Gasteiger partial charge is 0.478 e. The molecule has 0 aliphatic carbocycles. The van der Waals surface area contributed by atoms with Gasteiger partial charge in [-0.2, -0.15) is 0 Å². The van der Waals surface area contributed by atoms with Crippen LogP contribution in [-0.4, -0.2) is 27.1 Å². The summed E-state index contributed by atoms with van der Waals surface area (Å²) in [6.45, 7) is 0. The molecule has 3 aromatic rings. The summed E-state index contributed by atoms with van der Waals surface area (Å²) in [7, 11) is 0. The van der Waals surface area contributed by atoms with Gasteiger partial charge in [0.25, 0.3) is 5.69 Å². The van der Waals surface area contributed by atoms with Crippen molar-refractivity contribution in [2.75, 3.05) is 4.90 Å². The van der Waals surface area contributed by atoms with E-state index in [2.05, 4.69) is 0 Å². The first-order chi connectivity index (χ1) is 13.9. The van der Waals surface area contributed by atoms with Gasteiger partial charge in [0.15, 0.2) is 11.5 Å². The lowest BCUT2D eigenvalue weighted by Crippen LogP contribution is -2.19. The molecule has 0 unspecified atom stereocenters. The van der Waals surface area contributed by atoms with Crippen LogP contribution in [0.15, 0.2) is 60.7 Å². The fraction of sp³-hybridized carbons (Fsp3) is 0. The molecule has 1 aliphatic heterocycles. The predicted molar refractivity (Wildman–Crippen MR) is 102 cm³/mol. The zero-order valence-corrected chi connectivity index (χ0v) is 14.6. The van der Waals surface area contributed by atoms with Crippen molar-refractivity contribution in [3.63, 3.8) is 0 Å². The van der Waals surface area contributed by atoms with Gasteiger partial charge in [0, 0.05) is 17.8 Å². The van der Waals surface area contributed by atoms with Crippen molar-refractivity contribution in [3.05, 3.63) is 81.9 Å². The number of carboxylic acids is 2. The summed E-state index contributed by atoms with van der Waals surface area (Å²) in [5.74, 6) is -2.50. The minimum absolute atomic E-state index is 0.0143.